The van der Waals surface area contributed by atoms with Gasteiger partial charge in [0.1, 0.15) is 0 Å². The summed E-state index contributed by atoms with van der Waals surface area (Å²) in [6, 6.07) is 8.71. The molecule has 1 rings (SSSR count). The van der Waals surface area contributed by atoms with Crippen LogP contribution < -0.4 is 10.6 Å². The van der Waals surface area contributed by atoms with E-state index in [2.05, 4.69) is 31.6 Å². The van der Waals surface area contributed by atoms with E-state index in [4.69, 9.17) is 9.47 Å². The summed E-state index contributed by atoms with van der Waals surface area (Å²) < 4.78 is 10.9. The average Bonchev–Trinajstić information content (AvgIpc) is 2.57. The minimum atomic E-state index is -0.553. The van der Waals surface area contributed by atoms with Gasteiger partial charge in [-0.05, 0) is 0 Å². The van der Waals surface area contributed by atoms with Gasteiger partial charge in [-0.3, -0.25) is 0 Å². The second-order valence-corrected chi connectivity index (χ2v) is 7.96. The van der Waals surface area contributed by atoms with Crippen molar-refractivity contribution in [1.82, 2.24) is 10.6 Å². The van der Waals surface area contributed by atoms with Crippen LogP contribution in [0, 0.1) is 0 Å². The molecule has 1 radical (unpaired) electrons. The monoisotopic (exact) mass is 442 g/mol. The van der Waals surface area contributed by atoms with Gasteiger partial charge in [0.15, 0.2) is 0 Å². The number of amides is 1. The molecule has 0 aliphatic heterocycles. The van der Waals surface area contributed by atoms with Crippen molar-refractivity contribution in [1.29, 1.82) is 0 Å². The normalized spacial score (nSPS) is 14.0. The second kappa shape index (κ2) is 10.9. The third-order valence-electron chi connectivity index (χ3n) is 3.19. The number of amidine groups is 1. The standard InChI is InChI=1S/C19H28N3O4Se/c1-13(21-18(24)26-19(3,4)5)11-20-17(27)22-14(2)16(23)25-12-15-9-7-6-8-10-15/h6-10,13-14H,11-12H2,1-5H3,(H,20,22)(H,21,24)/t13?,14-/m0/s1. The van der Waals surface area contributed by atoms with E-state index in [-0.39, 0.29) is 18.6 Å². The van der Waals surface area contributed by atoms with E-state index in [1.807, 2.05) is 37.3 Å². The van der Waals surface area contributed by atoms with Crippen molar-refractivity contribution in [2.45, 2.75) is 58.9 Å². The molecule has 0 heterocycles. The van der Waals surface area contributed by atoms with Crippen LogP contribution in [-0.4, -0.2) is 57.0 Å². The number of hydrogen-bond donors (Lipinski definition) is 2. The Balaban J connectivity index is 2.37. The van der Waals surface area contributed by atoms with Crippen LogP contribution >= 0.6 is 0 Å². The molecule has 0 fully saturated rings. The predicted molar refractivity (Wildman–Crippen MR) is 106 cm³/mol. The molecule has 0 aliphatic carbocycles. The first kappa shape index (κ1) is 23.0. The van der Waals surface area contributed by atoms with Crippen LogP contribution in [0.3, 0.4) is 0 Å². The van der Waals surface area contributed by atoms with Crippen LogP contribution in [0.2, 0.25) is 0 Å². The molecule has 0 saturated carbocycles. The van der Waals surface area contributed by atoms with Gasteiger partial charge in [0.2, 0.25) is 0 Å². The molecule has 0 saturated heterocycles. The Bertz CT molecular complexity index is 644. The molecule has 0 spiro atoms. The van der Waals surface area contributed by atoms with Gasteiger partial charge in [-0.2, -0.15) is 0 Å². The number of nitrogens with one attached hydrogen (secondary N) is 2. The Labute approximate surface area is 169 Å². The van der Waals surface area contributed by atoms with Crippen LogP contribution in [0.4, 0.5) is 4.79 Å². The number of hydrogen-bond acceptors (Lipinski definition) is 5. The molecule has 27 heavy (non-hydrogen) atoms. The van der Waals surface area contributed by atoms with Crippen molar-refractivity contribution in [3.05, 3.63) is 35.9 Å². The van der Waals surface area contributed by atoms with E-state index in [0.29, 0.717) is 11.3 Å². The van der Waals surface area contributed by atoms with Gasteiger partial charge in [0, 0.05) is 0 Å². The first-order valence-corrected chi connectivity index (χ1v) is 9.60. The minimum absolute atomic E-state index is 0.217. The Hall–Kier alpha value is -2.05. The Kier molecular flexibility index (Phi) is 9.32. The van der Waals surface area contributed by atoms with Crippen LogP contribution in [0.1, 0.15) is 40.2 Å². The van der Waals surface area contributed by atoms with Crippen molar-refractivity contribution in [2.24, 2.45) is 4.99 Å². The number of rotatable bonds is 7. The van der Waals surface area contributed by atoms with Gasteiger partial charge in [-0.25, -0.2) is 0 Å². The van der Waals surface area contributed by atoms with Gasteiger partial charge in [-0.1, -0.05) is 0 Å². The zero-order valence-electron chi connectivity index (χ0n) is 16.4. The number of carbonyl (C=O) groups excluding carboxylic acids is 2. The van der Waals surface area contributed by atoms with Crippen LogP contribution in [0.5, 0.6) is 0 Å². The zero-order valence-corrected chi connectivity index (χ0v) is 18.2. The summed E-state index contributed by atoms with van der Waals surface area (Å²) >= 11 is 2.77. The zero-order chi connectivity index (χ0) is 20.4. The molecule has 2 atom stereocenters. The summed E-state index contributed by atoms with van der Waals surface area (Å²) in [6.45, 7) is 9.48. The summed E-state index contributed by atoms with van der Waals surface area (Å²) in [7, 11) is 0. The van der Waals surface area contributed by atoms with Crippen LogP contribution in [0.15, 0.2) is 35.3 Å². The number of esters is 1. The van der Waals surface area contributed by atoms with Gasteiger partial charge >= 0.3 is 169 Å². The Morgan fingerprint density at radius 3 is 2.37 bits per heavy atom. The van der Waals surface area contributed by atoms with E-state index < -0.39 is 17.7 Å². The molecule has 1 aromatic rings. The number of ether oxygens (including phenoxy) is 2. The molecule has 1 unspecified atom stereocenters. The fourth-order valence-electron chi connectivity index (χ4n) is 1.92. The maximum atomic E-state index is 12.0. The van der Waals surface area contributed by atoms with E-state index in [1.54, 1.807) is 27.7 Å². The molecule has 8 heteroatoms. The molecule has 2 N–H and O–H groups in total. The molecule has 1 amide bonds. The molecule has 0 aromatic heterocycles. The quantitative estimate of drug-likeness (QED) is 0.293. The molecule has 7 nitrogen and oxygen atoms in total. The molecular formula is C19H28N3O4Se. The molecule has 149 valence electrons. The second-order valence-electron chi connectivity index (χ2n) is 7.15. The van der Waals surface area contributed by atoms with Crippen molar-refractivity contribution >= 4 is 32.8 Å². The topological polar surface area (TPSA) is 89.0 Å². The van der Waals surface area contributed by atoms with E-state index >= 15 is 0 Å². The third kappa shape index (κ3) is 10.6. The SMILES string of the molecule is CC(CN=C([Se])N[C@@H](C)C(=O)OCc1ccccc1)NC(=O)OC(C)(C)C. The number of benzene rings is 1. The maximum absolute atomic E-state index is 12.0. The predicted octanol–water partition coefficient (Wildman–Crippen LogP) is 2.15. The van der Waals surface area contributed by atoms with Crippen molar-refractivity contribution in [3.8, 4) is 0 Å². The summed E-state index contributed by atoms with van der Waals surface area (Å²) in [4.78, 5) is 28.0. The van der Waals surface area contributed by atoms with E-state index in [9.17, 15) is 9.59 Å². The van der Waals surface area contributed by atoms with Crippen molar-refractivity contribution in [3.63, 3.8) is 0 Å². The fourth-order valence-corrected chi connectivity index (χ4v) is 2.44. The van der Waals surface area contributed by atoms with Crippen molar-refractivity contribution < 1.29 is 19.1 Å². The number of alkyl carbamates (subject to hydrolysis) is 1. The average molecular weight is 441 g/mol. The van der Waals surface area contributed by atoms with Crippen molar-refractivity contribution in [2.75, 3.05) is 6.54 Å². The molecule has 0 aliphatic rings. The van der Waals surface area contributed by atoms with E-state index in [1.165, 1.54) is 0 Å². The van der Waals surface area contributed by atoms with Gasteiger partial charge in [0.25, 0.3) is 0 Å². The number of nitrogens with zero attached hydrogens (tertiary/aromatic N) is 1. The first-order chi connectivity index (χ1) is 12.6. The number of aliphatic imine (C=N–C) groups is 1. The third-order valence-corrected chi connectivity index (χ3v) is 3.71. The first-order valence-electron chi connectivity index (χ1n) is 8.75. The molecular weight excluding hydrogens is 413 g/mol. The van der Waals surface area contributed by atoms with Crippen LogP contribution in [-0.2, 0) is 20.9 Å². The Morgan fingerprint density at radius 1 is 1.15 bits per heavy atom. The summed E-state index contributed by atoms with van der Waals surface area (Å²) in [5.41, 5.74) is 0.380. The fraction of sp³-hybridized carbons (Fsp3) is 0.526. The van der Waals surface area contributed by atoms with Gasteiger partial charge in [0.05, 0.1) is 0 Å². The number of carbonyl (C=O) groups is 2. The molecule has 0 bridgehead atoms. The van der Waals surface area contributed by atoms with E-state index in [0.717, 1.165) is 5.56 Å². The Morgan fingerprint density at radius 2 is 1.78 bits per heavy atom. The van der Waals surface area contributed by atoms with Gasteiger partial charge in [-0.15, -0.1) is 0 Å². The van der Waals surface area contributed by atoms with Gasteiger partial charge < -0.3 is 0 Å². The molecule has 1 aromatic carbocycles. The summed E-state index contributed by atoms with van der Waals surface area (Å²) in [5.74, 6) is -0.373. The van der Waals surface area contributed by atoms with Crippen LogP contribution in [0.25, 0.3) is 0 Å². The summed E-state index contributed by atoms with van der Waals surface area (Å²) in [5, 5.41) is 5.64. The summed E-state index contributed by atoms with van der Waals surface area (Å²) in [6.07, 6.45) is -0.488.